The van der Waals surface area contributed by atoms with E-state index in [1.165, 1.54) is 12.8 Å². The Balaban J connectivity index is 1.27. The second kappa shape index (κ2) is 12.7. The van der Waals surface area contributed by atoms with Crippen molar-refractivity contribution < 1.29 is 19.4 Å². The quantitative estimate of drug-likeness (QED) is 0.308. The average Bonchev–Trinajstić information content (AvgIpc) is 3.54. The summed E-state index contributed by atoms with van der Waals surface area (Å²) in [7, 11) is 1.80. The predicted octanol–water partition coefficient (Wildman–Crippen LogP) is 5.57. The van der Waals surface area contributed by atoms with Crippen LogP contribution in [0.15, 0.2) is 41.8 Å². The molecule has 3 aromatic rings. The van der Waals surface area contributed by atoms with Crippen LogP contribution >= 0.6 is 11.3 Å². The van der Waals surface area contributed by atoms with E-state index in [0.29, 0.717) is 56.3 Å². The first-order valence-corrected chi connectivity index (χ1v) is 15.2. The Morgan fingerprint density at radius 3 is 2.62 bits per heavy atom. The molecule has 1 aliphatic heterocycles. The van der Waals surface area contributed by atoms with Crippen molar-refractivity contribution in [2.75, 3.05) is 51.4 Å². The second-order valence-electron chi connectivity index (χ2n) is 11.2. The van der Waals surface area contributed by atoms with E-state index in [-0.39, 0.29) is 5.91 Å². The normalized spacial score (nSPS) is 20.1. The summed E-state index contributed by atoms with van der Waals surface area (Å²) in [5, 5.41) is 13.0. The van der Waals surface area contributed by atoms with E-state index in [0.717, 1.165) is 51.9 Å². The van der Waals surface area contributed by atoms with Crippen molar-refractivity contribution in [1.29, 1.82) is 0 Å². The Kier molecular flexibility index (Phi) is 9.08. The molecule has 1 aliphatic carbocycles. The number of carbonyl (C=O) groups is 1. The maximum absolute atomic E-state index is 12.8. The number of carbonyl (C=O) groups excluding carboxylic acids is 1. The summed E-state index contributed by atoms with van der Waals surface area (Å²) in [5.74, 6) is 2.37. The Labute approximate surface area is 241 Å². The van der Waals surface area contributed by atoms with Crippen molar-refractivity contribution in [3.05, 3.63) is 64.0 Å². The van der Waals surface area contributed by atoms with Crippen LogP contribution in [-0.4, -0.2) is 67.4 Å². The van der Waals surface area contributed by atoms with Gasteiger partial charge in [-0.25, -0.2) is 4.98 Å². The smallest absolute Gasteiger partial charge is 0.253 e. The van der Waals surface area contributed by atoms with Crippen LogP contribution in [0.4, 0.5) is 5.13 Å². The van der Waals surface area contributed by atoms with E-state index in [2.05, 4.69) is 29.3 Å². The molecule has 2 aromatic carbocycles. The van der Waals surface area contributed by atoms with E-state index in [1.54, 1.807) is 23.3 Å². The molecule has 0 radical (unpaired) electrons. The van der Waals surface area contributed by atoms with Crippen molar-refractivity contribution >= 4 is 22.4 Å². The van der Waals surface area contributed by atoms with Gasteiger partial charge >= 0.3 is 0 Å². The molecule has 0 unspecified atom stereocenters. The Hall–Kier alpha value is -2.94. The molecule has 40 heavy (non-hydrogen) atoms. The lowest BCUT2D eigenvalue weighted by molar-refractivity contribution is 0.0710. The van der Waals surface area contributed by atoms with Crippen LogP contribution in [0.3, 0.4) is 0 Å². The maximum atomic E-state index is 12.8. The van der Waals surface area contributed by atoms with Gasteiger partial charge in [-0.1, -0.05) is 17.7 Å². The number of aromatic nitrogens is 1. The molecule has 2 aliphatic rings. The van der Waals surface area contributed by atoms with Crippen LogP contribution in [0, 0.1) is 31.6 Å². The molecule has 5 rings (SSSR count). The summed E-state index contributed by atoms with van der Waals surface area (Å²) < 4.78 is 11.7. The molecule has 2 bridgehead atoms. The number of thiazole rings is 1. The van der Waals surface area contributed by atoms with Crippen LogP contribution in [0.2, 0.25) is 0 Å². The third kappa shape index (κ3) is 6.19. The first-order valence-electron chi connectivity index (χ1n) is 14.4. The van der Waals surface area contributed by atoms with Gasteiger partial charge in [0.05, 0.1) is 12.3 Å². The van der Waals surface area contributed by atoms with Crippen LogP contribution < -0.4 is 9.64 Å². The van der Waals surface area contributed by atoms with Crippen molar-refractivity contribution in [2.24, 2.45) is 17.8 Å². The number of ether oxygens (including phenoxy) is 2. The molecule has 8 heteroatoms. The minimum Gasteiger partial charge on any atom is -0.488 e. The zero-order valence-corrected chi connectivity index (χ0v) is 24.9. The molecular weight excluding hydrogens is 522 g/mol. The summed E-state index contributed by atoms with van der Waals surface area (Å²) >= 11 is 1.69. The number of aliphatic hydroxyl groups excluding tert-OH is 1. The van der Waals surface area contributed by atoms with Gasteiger partial charge in [0.25, 0.3) is 5.91 Å². The average molecular weight is 564 g/mol. The molecule has 0 spiro atoms. The highest BCUT2D eigenvalue weighted by atomic mass is 32.1. The number of likely N-dealkylation sites (N-methyl/N-ethyl adjacent to an activating group) is 1. The fourth-order valence-corrected chi connectivity index (χ4v) is 6.95. The minimum absolute atomic E-state index is 0.0102. The number of aryl methyl sites for hydroxylation is 2. The lowest BCUT2D eigenvalue weighted by Crippen LogP contribution is -2.43. The highest BCUT2D eigenvalue weighted by molar-refractivity contribution is 7.14. The Bertz CT molecular complexity index is 1310. The van der Waals surface area contributed by atoms with Gasteiger partial charge in [-0.15, -0.1) is 11.3 Å². The number of amides is 1. The molecule has 1 N–H and O–H groups in total. The summed E-state index contributed by atoms with van der Waals surface area (Å²) in [6.07, 6.45) is 2.42. The van der Waals surface area contributed by atoms with Crippen LogP contribution in [0.1, 0.15) is 46.8 Å². The maximum Gasteiger partial charge on any atom is 0.253 e. The number of nitrogens with zero attached hydrogens (tertiary/aromatic N) is 3. The molecule has 1 aromatic heterocycles. The van der Waals surface area contributed by atoms with E-state index < -0.39 is 0 Å². The van der Waals surface area contributed by atoms with Crippen molar-refractivity contribution in [3.63, 3.8) is 0 Å². The van der Waals surface area contributed by atoms with Crippen molar-refractivity contribution in [3.8, 4) is 17.0 Å². The Morgan fingerprint density at radius 1 is 1.15 bits per heavy atom. The SMILES string of the molecule is CCOCCN(C)C(=O)c1ccc(COc2ccc(C)cc2-c2csc(N3C[C@H]4CC[C@@H](C3)[C@H]4CO)n2)c(C)c1. The molecule has 3 atom stereocenters. The number of anilines is 1. The number of hydrogen-bond donors (Lipinski definition) is 1. The number of aliphatic hydroxyl groups is 1. The molecule has 1 saturated heterocycles. The zero-order valence-electron chi connectivity index (χ0n) is 24.1. The van der Waals surface area contributed by atoms with E-state index in [9.17, 15) is 9.90 Å². The topological polar surface area (TPSA) is 75.1 Å². The highest BCUT2D eigenvalue weighted by Crippen LogP contribution is 2.44. The summed E-state index contributed by atoms with van der Waals surface area (Å²) in [4.78, 5) is 22.0. The standard InChI is InChI=1S/C32H41N3O4S/c1-5-38-13-12-34(4)31(37)23-7-10-26(22(3)15-23)19-39-30-11-6-21(2)14-27(30)29-20-40-32(33-29)35-16-24-8-9-25(17-35)28(24)18-36/h6-7,10-11,14-15,20,24-25,28,36H,5,8-9,12-13,16-19H2,1-4H3/t24-,25+,28+. The van der Waals surface area contributed by atoms with Crippen molar-refractivity contribution in [2.45, 2.75) is 40.2 Å². The minimum atomic E-state index is -0.0102. The number of benzene rings is 2. The van der Waals surface area contributed by atoms with Crippen LogP contribution in [-0.2, 0) is 11.3 Å². The number of fused-ring (bicyclic) bond motifs is 2. The first kappa shape index (κ1) is 28.6. The third-order valence-corrected chi connectivity index (χ3v) is 9.41. The van der Waals surface area contributed by atoms with Gasteiger partial charge in [-0.05, 0) is 86.8 Å². The van der Waals surface area contributed by atoms with Gasteiger partial charge < -0.3 is 24.4 Å². The molecule has 2 heterocycles. The molecule has 1 saturated carbocycles. The van der Waals surface area contributed by atoms with Crippen LogP contribution in [0.25, 0.3) is 11.3 Å². The van der Waals surface area contributed by atoms with Gasteiger partial charge in [-0.3, -0.25) is 4.79 Å². The van der Waals surface area contributed by atoms with Gasteiger partial charge in [0.2, 0.25) is 0 Å². The number of piperidine rings is 1. The second-order valence-corrected chi connectivity index (χ2v) is 12.1. The zero-order chi connectivity index (χ0) is 28.2. The molecular formula is C32H41N3O4S. The molecule has 7 nitrogen and oxygen atoms in total. The predicted molar refractivity (Wildman–Crippen MR) is 160 cm³/mol. The van der Waals surface area contributed by atoms with E-state index >= 15 is 0 Å². The lowest BCUT2D eigenvalue weighted by Gasteiger charge is -2.37. The third-order valence-electron chi connectivity index (χ3n) is 8.51. The molecule has 2 fully saturated rings. The van der Waals surface area contributed by atoms with Gasteiger partial charge in [0.15, 0.2) is 5.13 Å². The summed E-state index contributed by atoms with van der Waals surface area (Å²) in [6, 6.07) is 12.0. The summed E-state index contributed by atoms with van der Waals surface area (Å²) in [6.45, 7) is 10.5. The fourth-order valence-electron chi connectivity index (χ4n) is 6.11. The fraction of sp³-hybridized carbons (Fsp3) is 0.500. The monoisotopic (exact) mass is 563 g/mol. The highest BCUT2D eigenvalue weighted by Gasteiger charge is 2.42. The van der Waals surface area contributed by atoms with Crippen LogP contribution in [0.5, 0.6) is 5.75 Å². The van der Waals surface area contributed by atoms with Gasteiger partial charge in [-0.2, -0.15) is 0 Å². The number of hydrogen-bond acceptors (Lipinski definition) is 7. The molecule has 1 amide bonds. The lowest BCUT2D eigenvalue weighted by atomic mass is 9.86. The first-order chi connectivity index (χ1) is 19.4. The molecule has 214 valence electrons. The van der Waals surface area contributed by atoms with Gasteiger partial charge in [0, 0.05) is 56.4 Å². The Morgan fingerprint density at radius 2 is 1.93 bits per heavy atom. The van der Waals surface area contributed by atoms with Crippen molar-refractivity contribution in [1.82, 2.24) is 9.88 Å². The van der Waals surface area contributed by atoms with Gasteiger partial charge in [0.1, 0.15) is 12.4 Å². The number of rotatable bonds is 11. The van der Waals surface area contributed by atoms with E-state index in [4.69, 9.17) is 14.5 Å². The largest absolute Gasteiger partial charge is 0.488 e. The summed E-state index contributed by atoms with van der Waals surface area (Å²) in [5.41, 5.74) is 5.82. The van der Waals surface area contributed by atoms with E-state index in [1.807, 2.05) is 38.1 Å².